The molecule has 0 saturated heterocycles. The van der Waals surface area contributed by atoms with Crippen molar-refractivity contribution in [1.29, 1.82) is 0 Å². The molecule has 5 nitrogen and oxygen atoms in total. The van der Waals surface area contributed by atoms with Gasteiger partial charge in [0.15, 0.2) is 5.69 Å². The summed E-state index contributed by atoms with van der Waals surface area (Å²) in [6.07, 6.45) is -2.20. The number of carbonyl (C=O) groups excluding carboxylic acids is 1. The molecule has 0 radical (unpaired) electrons. The van der Waals surface area contributed by atoms with Gasteiger partial charge in [-0.25, -0.2) is 4.98 Å². The number of aromatic nitrogens is 3. The van der Waals surface area contributed by atoms with Gasteiger partial charge in [0, 0.05) is 17.6 Å². The van der Waals surface area contributed by atoms with Crippen molar-refractivity contribution in [3.05, 3.63) is 53.3 Å². The molecule has 3 aromatic rings. The second kappa shape index (κ2) is 7.50. The molecule has 0 bridgehead atoms. The van der Waals surface area contributed by atoms with Gasteiger partial charge in [-0.2, -0.15) is 18.3 Å². The minimum absolute atomic E-state index is 0.00894. The van der Waals surface area contributed by atoms with Crippen LogP contribution in [0, 0.1) is 0 Å². The Morgan fingerprint density at radius 3 is 2.69 bits per heavy atom. The summed E-state index contributed by atoms with van der Waals surface area (Å²) >= 11 is 3.10. The maximum absolute atomic E-state index is 13.2. The van der Waals surface area contributed by atoms with Crippen LogP contribution in [-0.2, 0) is 12.7 Å². The molecule has 0 fully saturated rings. The molecule has 3 rings (SSSR count). The summed E-state index contributed by atoms with van der Waals surface area (Å²) in [4.78, 5) is 17.2. The lowest BCUT2D eigenvalue weighted by Crippen LogP contribution is -2.21. The second-order valence-corrected chi connectivity index (χ2v) is 7.41. The van der Waals surface area contributed by atoms with E-state index in [1.165, 1.54) is 18.7 Å². The van der Waals surface area contributed by atoms with Crippen molar-refractivity contribution >= 4 is 34.8 Å². The molecule has 26 heavy (non-hydrogen) atoms. The summed E-state index contributed by atoms with van der Waals surface area (Å²) in [6, 6.07) is 7.19. The van der Waals surface area contributed by atoms with E-state index < -0.39 is 23.3 Å². The van der Waals surface area contributed by atoms with Gasteiger partial charge in [-0.15, -0.1) is 11.3 Å². The number of nitrogens with zero attached hydrogens (tertiary/aromatic N) is 3. The number of halogens is 3. The highest BCUT2D eigenvalue weighted by Crippen LogP contribution is 2.33. The first-order valence-electron chi connectivity index (χ1n) is 7.50. The number of nitrogens with one attached hydrogen (secondary N) is 1. The van der Waals surface area contributed by atoms with E-state index in [1.807, 2.05) is 17.5 Å². The third-order valence-corrected chi connectivity index (χ3v) is 5.36. The van der Waals surface area contributed by atoms with Crippen molar-refractivity contribution < 1.29 is 18.0 Å². The number of hydrogen-bond acceptors (Lipinski definition) is 5. The quantitative estimate of drug-likeness (QED) is 0.672. The van der Waals surface area contributed by atoms with Crippen LogP contribution in [-0.4, -0.2) is 20.7 Å². The third kappa shape index (κ3) is 4.07. The second-order valence-electron chi connectivity index (χ2n) is 5.09. The summed E-state index contributed by atoms with van der Waals surface area (Å²) in [5.74, 6) is -0.730. The maximum atomic E-state index is 13.2. The van der Waals surface area contributed by atoms with Crippen LogP contribution in [0.5, 0.6) is 0 Å². The highest BCUT2D eigenvalue weighted by molar-refractivity contribution is 8.01. The lowest BCUT2D eigenvalue weighted by Gasteiger charge is -2.11. The Hall–Kier alpha value is -2.33. The summed E-state index contributed by atoms with van der Waals surface area (Å²) < 4.78 is 41.5. The molecule has 0 aromatic carbocycles. The Balaban J connectivity index is 1.75. The Morgan fingerprint density at radius 1 is 1.31 bits per heavy atom. The fourth-order valence-electron chi connectivity index (χ4n) is 2.23. The van der Waals surface area contributed by atoms with E-state index >= 15 is 0 Å². The minimum Gasteiger partial charge on any atom is -0.306 e. The van der Waals surface area contributed by atoms with Crippen molar-refractivity contribution in [2.75, 3.05) is 5.32 Å². The molecule has 1 amide bonds. The van der Waals surface area contributed by atoms with Crippen molar-refractivity contribution in [3.63, 3.8) is 0 Å². The molecular weight excluding hydrogens is 385 g/mol. The lowest BCUT2D eigenvalue weighted by molar-refractivity contribution is -0.144. The van der Waals surface area contributed by atoms with E-state index in [-0.39, 0.29) is 12.4 Å². The Labute approximate surface area is 155 Å². The fraction of sp³-hybridized carbons (Fsp3) is 0.188. The number of rotatable bonds is 5. The van der Waals surface area contributed by atoms with Gasteiger partial charge in [0.25, 0.3) is 5.91 Å². The molecule has 3 heterocycles. The average Bonchev–Trinajstić information content (AvgIpc) is 3.25. The first-order valence-corrected chi connectivity index (χ1v) is 9.20. The number of carbonyl (C=O) groups is 1. The van der Waals surface area contributed by atoms with Gasteiger partial charge in [-0.1, -0.05) is 17.8 Å². The highest BCUT2D eigenvalue weighted by Gasteiger charge is 2.39. The number of thiophene rings is 1. The SMILES string of the molecule is CCn1ncc(C(=O)Nc2ccc(Sc3cccs3)cn2)c1C(F)(F)F. The lowest BCUT2D eigenvalue weighted by atomic mass is 10.2. The molecule has 0 unspecified atom stereocenters. The summed E-state index contributed by atoms with van der Waals surface area (Å²) in [6.45, 7) is 1.53. The van der Waals surface area contributed by atoms with Crippen LogP contribution in [0.15, 0.2) is 51.1 Å². The van der Waals surface area contributed by atoms with E-state index in [2.05, 4.69) is 15.4 Å². The number of pyridine rings is 1. The smallest absolute Gasteiger partial charge is 0.306 e. The molecule has 0 spiro atoms. The molecule has 136 valence electrons. The normalized spacial score (nSPS) is 11.5. The predicted molar refractivity (Wildman–Crippen MR) is 93.5 cm³/mol. The van der Waals surface area contributed by atoms with E-state index in [0.717, 1.165) is 20.0 Å². The van der Waals surface area contributed by atoms with Crippen LogP contribution in [0.1, 0.15) is 23.0 Å². The standard InChI is InChI=1S/C16H13F3N4OS2/c1-2-23-14(16(17,18)19)11(9-21-23)15(24)22-12-6-5-10(8-20-12)26-13-4-3-7-25-13/h3-9H,2H2,1H3,(H,20,22,24). The van der Waals surface area contributed by atoms with E-state index in [0.29, 0.717) is 0 Å². The van der Waals surface area contributed by atoms with Crippen LogP contribution in [0.25, 0.3) is 0 Å². The monoisotopic (exact) mass is 398 g/mol. The van der Waals surface area contributed by atoms with Crippen LogP contribution >= 0.6 is 23.1 Å². The van der Waals surface area contributed by atoms with E-state index in [9.17, 15) is 18.0 Å². The van der Waals surface area contributed by atoms with E-state index in [4.69, 9.17) is 0 Å². The Morgan fingerprint density at radius 2 is 2.12 bits per heavy atom. The van der Waals surface area contributed by atoms with Gasteiger partial charge >= 0.3 is 6.18 Å². The number of amides is 1. The molecule has 0 saturated carbocycles. The molecule has 3 aromatic heterocycles. The number of hydrogen-bond donors (Lipinski definition) is 1. The van der Waals surface area contributed by atoms with Crippen LogP contribution in [0.4, 0.5) is 19.0 Å². The molecule has 0 aliphatic heterocycles. The summed E-state index contributed by atoms with van der Waals surface area (Å²) in [5, 5.41) is 7.97. The molecule has 0 aliphatic carbocycles. The van der Waals surface area contributed by atoms with Crippen molar-refractivity contribution in [2.45, 2.75) is 28.7 Å². The predicted octanol–water partition coefficient (Wildman–Crippen LogP) is 4.78. The zero-order valence-corrected chi connectivity index (χ0v) is 15.1. The molecular formula is C16H13F3N4OS2. The van der Waals surface area contributed by atoms with Crippen molar-refractivity contribution in [3.8, 4) is 0 Å². The third-order valence-electron chi connectivity index (χ3n) is 3.34. The molecule has 0 aliphatic rings. The number of alkyl halides is 3. The van der Waals surface area contributed by atoms with Gasteiger partial charge in [-0.3, -0.25) is 9.48 Å². The average molecular weight is 398 g/mol. The maximum Gasteiger partial charge on any atom is 0.433 e. The fourth-order valence-corrected chi connectivity index (χ4v) is 3.94. The summed E-state index contributed by atoms with van der Waals surface area (Å²) in [7, 11) is 0. The highest BCUT2D eigenvalue weighted by atomic mass is 32.2. The van der Waals surface area contributed by atoms with Gasteiger partial charge < -0.3 is 5.32 Å². The minimum atomic E-state index is -4.67. The first kappa shape index (κ1) is 18.5. The van der Waals surface area contributed by atoms with Gasteiger partial charge in [0.05, 0.1) is 16.0 Å². The Bertz CT molecular complexity index is 889. The summed E-state index contributed by atoms with van der Waals surface area (Å²) in [5.41, 5.74) is -1.60. The van der Waals surface area contributed by atoms with Gasteiger partial charge in [0.2, 0.25) is 0 Å². The number of aryl methyl sites for hydroxylation is 1. The van der Waals surface area contributed by atoms with Crippen LogP contribution in [0.3, 0.4) is 0 Å². The molecule has 0 atom stereocenters. The van der Waals surface area contributed by atoms with Crippen LogP contribution < -0.4 is 5.32 Å². The topological polar surface area (TPSA) is 59.8 Å². The van der Waals surface area contributed by atoms with Crippen molar-refractivity contribution in [2.24, 2.45) is 0 Å². The van der Waals surface area contributed by atoms with Gasteiger partial charge in [-0.05, 0) is 30.5 Å². The van der Waals surface area contributed by atoms with Crippen molar-refractivity contribution in [1.82, 2.24) is 14.8 Å². The van der Waals surface area contributed by atoms with E-state index in [1.54, 1.807) is 29.7 Å². The van der Waals surface area contributed by atoms with Gasteiger partial charge in [0.1, 0.15) is 5.82 Å². The zero-order chi connectivity index (χ0) is 18.7. The largest absolute Gasteiger partial charge is 0.433 e. The molecule has 10 heteroatoms. The zero-order valence-electron chi connectivity index (χ0n) is 13.4. The molecule has 1 N–H and O–H groups in total. The first-order chi connectivity index (χ1) is 12.4. The number of anilines is 1. The Kier molecular flexibility index (Phi) is 5.33. The van der Waals surface area contributed by atoms with Crippen LogP contribution in [0.2, 0.25) is 0 Å².